The van der Waals surface area contributed by atoms with Gasteiger partial charge < -0.3 is 9.13 Å². The first kappa shape index (κ1) is 31.0. The summed E-state index contributed by atoms with van der Waals surface area (Å²) in [7, 11) is 0. The second kappa shape index (κ2) is 12.0. The predicted molar refractivity (Wildman–Crippen MR) is 239 cm³/mol. The highest BCUT2D eigenvalue weighted by atomic mass is 15.0. The lowest BCUT2D eigenvalue weighted by atomic mass is 9.92. The third-order valence-electron chi connectivity index (χ3n) is 11.9. The molecule has 0 aliphatic heterocycles. The van der Waals surface area contributed by atoms with Crippen LogP contribution in [-0.2, 0) is 0 Å². The Bertz CT molecular complexity index is 3460. The monoisotopic (exact) mass is 710 g/mol. The molecular weight excluding hydrogens is 677 g/mol. The van der Waals surface area contributed by atoms with Crippen molar-refractivity contribution < 1.29 is 0 Å². The second-order valence-corrected chi connectivity index (χ2v) is 14.9. The van der Waals surface area contributed by atoms with Crippen LogP contribution in [0.4, 0.5) is 0 Å². The van der Waals surface area contributed by atoms with Crippen molar-refractivity contribution in [3.05, 3.63) is 206 Å². The van der Waals surface area contributed by atoms with E-state index in [4.69, 9.17) is 0 Å². The summed E-state index contributed by atoms with van der Waals surface area (Å²) in [4.78, 5) is 0. The maximum atomic E-state index is 2.48. The molecule has 260 valence electrons. The molecule has 12 aromatic rings. The van der Waals surface area contributed by atoms with Gasteiger partial charge >= 0.3 is 0 Å². The molecule has 2 heteroatoms. The summed E-state index contributed by atoms with van der Waals surface area (Å²) in [6.07, 6.45) is 0. The van der Waals surface area contributed by atoms with Gasteiger partial charge in [0.25, 0.3) is 0 Å². The number of hydrogen-bond acceptors (Lipinski definition) is 0. The first-order valence-electron chi connectivity index (χ1n) is 19.4. The fourth-order valence-electron chi connectivity index (χ4n) is 9.36. The minimum Gasteiger partial charge on any atom is -0.307 e. The van der Waals surface area contributed by atoms with Gasteiger partial charge in [-0.05, 0) is 97.0 Å². The summed E-state index contributed by atoms with van der Waals surface area (Å²) in [6.45, 7) is 0. The number of rotatable bonds is 4. The van der Waals surface area contributed by atoms with Gasteiger partial charge in [0.2, 0.25) is 0 Å². The lowest BCUT2D eigenvalue weighted by molar-refractivity contribution is 1.15. The SMILES string of the molecule is c1ccc(-c2ccc(-n3c4ccccc4c4ccc5c6ccccc6n(-c6ccc(-c7ccc8c9ccccc9c9ccccc9c8c7)cc6)c5c43)cc2)cc1. The van der Waals surface area contributed by atoms with Gasteiger partial charge in [0.05, 0.1) is 22.1 Å². The molecule has 0 aliphatic rings. The minimum atomic E-state index is 1.14. The third kappa shape index (κ3) is 4.50. The summed E-state index contributed by atoms with van der Waals surface area (Å²) < 4.78 is 4.94. The maximum absolute atomic E-state index is 2.48. The molecule has 12 rings (SSSR count). The smallest absolute Gasteiger partial charge is 0.0788 e. The zero-order valence-electron chi connectivity index (χ0n) is 30.5. The van der Waals surface area contributed by atoms with E-state index in [9.17, 15) is 0 Å². The molecule has 0 amide bonds. The van der Waals surface area contributed by atoms with Gasteiger partial charge in [-0.2, -0.15) is 0 Å². The van der Waals surface area contributed by atoms with Crippen molar-refractivity contribution in [3.8, 4) is 33.6 Å². The third-order valence-corrected chi connectivity index (χ3v) is 11.9. The van der Waals surface area contributed by atoms with Crippen molar-refractivity contribution in [1.29, 1.82) is 0 Å². The molecule has 0 spiro atoms. The summed E-state index contributed by atoms with van der Waals surface area (Å²) in [5, 5.41) is 12.8. The highest BCUT2D eigenvalue weighted by molar-refractivity contribution is 6.26. The summed E-state index contributed by atoms with van der Waals surface area (Å²) in [5.74, 6) is 0. The van der Waals surface area contributed by atoms with Gasteiger partial charge in [-0.25, -0.2) is 0 Å². The molecule has 0 atom stereocenters. The van der Waals surface area contributed by atoms with Crippen LogP contribution in [0.1, 0.15) is 0 Å². The van der Waals surface area contributed by atoms with Crippen LogP contribution in [0.25, 0.3) is 110 Å². The molecule has 56 heavy (non-hydrogen) atoms. The van der Waals surface area contributed by atoms with E-state index in [1.165, 1.54) is 98.2 Å². The van der Waals surface area contributed by atoms with E-state index >= 15 is 0 Å². The van der Waals surface area contributed by atoms with Gasteiger partial charge in [-0.1, -0.05) is 164 Å². The standard InChI is InChI=1S/C54H34N2/c1-2-12-35(13-3-1)36-22-27-39(28-23-36)55-51-20-10-8-18-46(51)48-32-33-49-47-19-9-11-21-52(47)56(54(49)53(48)55)40-29-24-37(25-30-40)38-26-31-45-43-16-5-4-14-41(43)42-15-6-7-17-44(42)50(45)34-38/h1-34H. The number of benzene rings is 10. The summed E-state index contributed by atoms with van der Waals surface area (Å²) in [5.41, 5.74) is 12.0. The van der Waals surface area contributed by atoms with Crippen LogP contribution in [-0.4, -0.2) is 9.13 Å². The van der Waals surface area contributed by atoms with E-state index in [-0.39, 0.29) is 0 Å². The van der Waals surface area contributed by atoms with E-state index in [1.807, 2.05) is 0 Å². The van der Waals surface area contributed by atoms with Crippen LogP contribution < -0.4 is 0 Å². The fraction of sp³-hybridized carbons (Fsp3) is 0. The number of fused-ring (bicyclic) bond motifs is 13. The number of para-hydroxylation sites is 2. The molecule has 10 aromatic carbocycles. The topological polar surface area (TPSA) is 9.86 Å². The van der Waals surface area contributed by atoms with Crippen LogP contribution in [0, 0.1) is 0 Å². The molecule has 2 aromatic heterocycles. The molecule has 0 bridgehead atoms. The quantitative estimate of drug-likeness (QED) is 0.161. The van der Waals surface area contributed by atoms with Crippen molar-refractivity contribution >= 4 is 75.9 Å². The van der Waals surface area contributed by atoms with Crippen LogP contribution >= 0.6 is 0 Å². The number of aromatic nitrogens is 2. The predicted octanol–water partition coefficient (Wildman–Crippen LogP) is 14.7. The van der Waals surface area contributed by atoms with Gasteiger partial charge in [0, 0.05) is 32.9 Å². The molecule has 0 radical (unpaired) electrons. The first-order valence-corrected chi connectivity index (χ1v) is 19.4. The largest absolute Gasteiger partial charge is 0.307 e. The zero-order chi connectivity index (χ0) is 36.7. The first-order chi connectivity index (χ1) is 27.8. The van der Waals surface area contributed by atoms with Gasteiger partial charge in [0.15, 0.2) is 0 Å². The molecular formula is C54H34N2. The molecule has 0 N–H and O–H groups in total. The van der Waals surface area contributed by atoms with Crippen LogP contribution in [0.5, 0.6) is 0 Å². The Kier molecular flexibility index (Phi) is 6.66. The van der Waals surface area contributed by atoms with Gasteiger partial charge in [-0.3, -0.25) is 0 Å². The van der Waals surface area contributed by atoms with Crippen molar-refractivity contribution in [2.24, 2.45) is 0 Å². The van der Waals surface area contributed by atoms with Crippen molar-refractivity contribution in [3.63, 3.8) is 0 Å². The van der Waals surface area contributed by atoms with Crippen molar-refractivity contribution in [2.75, 3.05) is 0 Å². The molecule has 2 nitrogen and oxygen atoms in total. The van der Waals surface area contributed by atoms with E-state index in [0.29, 0.717) is 0 Å². The Labute approximate surface area is 323 Å². The number of hydrogen-bond donors (Lipinski definition) is 0. The summed E-state index contributed by atoms with van der Waals surface area (Å²) in [6, 6.07) is 75.7. The Balaban J connectivity index is 1.07. The van der Waals surface area contributed by atoms with Crippen LogP contribution in [0.15, 0.2) is 206 Å². The fourth-order valence-corrected chi connectivity index (χ4v) is 9.36. The summed E-state index contributed by atoms with van der Waals surface area (Å²) >= 11 is 0. The molecule has 0 fully saturated rings. The Morgan fingerprint density at radius 1 is 0.214 bits per heavy atom. The Morgan fingerprint density at radius 3 is 1.05 bits per heavy atom. The Morgan fingerprint density at radius 2 is 0.554 bits per heavy atom. The molecule has 0 saturated heterocycles. The van der Waals surface area contributed by atoms with E-state index in [1.54, 1.807) is 0 Å². The van der Waals surface area contributed by atoms with Crippen LogP contribution in [0.3, 0.4) is 0 Å². The number of nitrogens with zero attached hydrogens (tertiary/aromatic N) is 2. The normalized spacial score (nSPS) is 11.9. The zero-order valence-corrected chi connectivity index (χ0v) is 30.5. The highest BCUT2D eigenvalue weighted by Crippen LogP contribution is 2.43. The van der Waals surface area contributed by atoms with E-state index < -0.39 is 0 Å². The average Bonchev–Trinajstić information content (AvgIpc) is 3.80. The van der Waals surface area contributed by atoms with Gasteiger partial charge in [0.1, 0.15) is 0 Å². The second-order valence-electron chi connectivity index (χ2n) is 14.9. The molecule has 0 unspecified atom stereocenters. The maximum Gasteiger partial charge on any atom is 0.0788 e. The van der Waals surface area contributed by atoms with Crippen LogP contribution in [0.2, 0.25) is 0 Å². The van der Waals surface area contributed by atoms with Crippen molar-refractivity contribution in [1.82, 2.24) is 9.13 Å². The Hall–Kier alpha value is -7.42. The van der Waals surface area contributed by atoms with Gasteiger partial charge in [-0.15, -0.1) is 0 Å². The van der Waals surface area contributed by atoms with Crippen molar-refractivity contribution in [2.45, 2.75) is 0 Å². The minimum absolute atomic E-state index is 1.14. The van der Waals surface area contributed by atoms with E-state index in [0.717, 1.165) is 11.4 Å². The highest BCUT2D eigenvalue weighted by Gasteiger charge is 2.21. The molecule has 2 heterocycles. The lowest BCUT2D eigenvalue weighted by Crippen LogP contribution is -1.99. The molecule has 0 saturated carbocycles. The molecule has 0 aliphatic carbocycles. The van der Waals surface area contributed by atoms with E-state index in [2.05, 4.69) is 215 Å². The average molecular weight is 711 g/mol. The lowest BCUT2D eigenvalue weighted by Gasteiger charge is -2.14.